The Bertz CT molecular complexity index is 244. The summed E-state index contributed by atoms with van der Waals surface area (Å²) in [6.07, 6.45) is 6.09. The molecule has 15 heavy (non-hydrogen) atoms. The Morgan fingerprint density at radius 2 is 1.73 bits per heavy atom. The van der Waals surface area contributed by atoms with Gasteiger partial charge >= 0.3 is 0 Å². The van der Waals surface area contributed by atoms with E-state index in [4.69, 9.17) is 0 Å². The summed E-state index contributed by atoms with van der Waals surface area (Å²) in [5.41, 5.74) is 0.749. The Morgan fingerprint density at radius 3 is 2.00 bits per heavy atom. The first-order chi connectivity index (χ1) is 6.94. The maximum Gasteiger partial charge on any atom is 0.135 e. The molecule has 0 radical (unpaired) electrons. The maximum absolute atomic E-state index is 11.2. The molecule has 0 N–H and O–H groups in total. The van der Waals surface area contributed by atoms with Gasteiger partial charge in [0.2, 0.25) is 0 Å². The number of hydrogen-bond acceptors (Lipinski definition) is 1. The highest BCUT2D eigenvalue weighted by atomic mass is 16.1. The third kappa shape index (κ3) is 6.89. The van der Waals surface area contributed by atoms with Crippen LogP contribution in [0.3, 0.4) is 0 Å². The SMILES string of the molecule is C=C/C=C(\C=C)CC(C)(C)C(C)=O.CC. The van der Waals surface area contributed by atoms with Gasteiger partial charge in [0, 0.05) is 5.41 Å². The molecule has 0 amide bonds. The lowest BCUT2D eigenvalue weighted by atomic mass is 9.82. The highest BCUT2D eigenvalue weighted by Gasteiger charge is 2.23. The molecule has 0 atom stereocenters. The van der Waals surface area contributed by atoms with Gasteiger partial charge in [-0.05, 0) is 18.9 Å². The van der Waals surface area contributed by atoms with Crippen LogP contribution >= 0.6 is 0 Å². The summed E-state index contributed by atoms with van der Waals surface area (Å²) in [4.78, 5) is 11.2. The van der Waals surface area contributed by atoms with Crippen molar-refractivity contribution in [1.29, 1.82) is 0 Å². The molecule has 0 aliphatic carbocycles. The molecule has 0 aliphatic heterocycles. The van der Waals surface area contributed by atoms with Crippen molar-refractivity contribution in [1.82, 2.24) is 0 Å². The van der Waals surface area contributed by atoms with E-state index in [0.717, 1.165) is 12.0 Å². The van der Waals surface area contributed by atoms with Gasteiger partial charge in [-0.15, -0.1) is 0 Å². The van der Waals surface area contributed by atoms with Crippen molar-refractivity contribution in [2.75, 3.05) is 0 Å². The average Bonchev–Trinajstić information content (AvgIpc) is 2.19. The van der Waals surface area contributed by atoms with Gasteiger partial charge in [-0.25, -0.2) is 0 Å². The molecule has 1 heteroatoms. The van der Waals surface area contributed by atoms with Crippen molar-refractivity contribution < 1.29 is 4.79 Å². The van der Waals surface area contributed by atoms with Crippen molar-refractivity contribution >= 4 is 5.78 Å². The molecule has 0 bridgehead atoms. The highest BCUT2D eigenvalue weighted by Crippen LogP contribution is 2.26. The van der Waals surface area contributed by atoms with Crippen LogP contribution in [0.5, 0.6) is 0 Å². The van der Waals surface area contributed by atoms with Crippen molar-refractivity contribution in [3.8, 4) is 0 Å². The van der Waals surface area contributed by atoms with E-state index in [1.54, 1.807) is 19.1 Å². The Kier molecular flexibility index (Phi) is 8.94. The average molecular weight is 208 g/mol. The second kappa shape index (κ2) is 8.22. The second-order valence-corrected chi connectivity index (χ2v) is 3.80. The minimum absolute atomic E-state index is 0.198. The summed E-state index contributed by atoms with van der Waals surface area (Å²) in [5.74, 6) is 0.198. The van der Waals surface area contributed by atoms with Crippen LogP contribution in [-0.2, 0) is 4.79 Å². The molecular weight excluding hydrogens is 184 g/mol. The lowest BCUT2D eigenvalue weighted by molar-refractivity contribution is -0.124. The normalized spacial score (nSPS) is 11.1. The zero-order valence-electron chi connectivity index (χ0n) is 10.8. The predicted octanol–water partition coefficient (Wildman–Crippen LogP) is 4.32. The minimum Gasteiger partial charge on any atom is -0.299 e. The summed E-state index contributed by atoms with van der Waals surface area (Å²) in [5, 5.41) is 0. The number of carbonyl (C=O) groups excluding carboxylic acids is 1. The second-order valence-electron chi connectivity index (χ2n) is 3.80. The van der Waals surface area contributed by atoms with Crippen LogP contribution in [0.15, 0.2) is 37.0 Å². The van der Waals surface area contributed by atoms with Gasteiger partial charge < -0.3 is 0 Å². The number of ketones is 1. The molecule has 0 saturated carbocycles. The summed E-state index contributed by atoms with van der Waals surface area (Å²) in [6, 6.07) is 0. The van der Waals surface area contributed by atoms with Crippen molar-refractivity contribution in [3.05, 3.63) is 37.0 Å². The zero-order valence-corrected chi connectivity index (χ0v) is 10.8. The quantitative estimate of drug-likeness (QED) is 0.615. The van der Waals surface area contributed by atoms with Gasteiger partial charge in [0.1, 0.15) is 5.78 Å². The molecule has 0 saturated heterocycles. The first kappa shape index (κ1) is 16.3. The molecule has 0 rings (SSSR count). The van der Waals surface area contributed by atoms with E-state index in [9.17, 15) is 4.79 Å². The third-order valence-corrected chi connectivity index (χ3v) is 2.19. The molecule has 86 valence electrons. The summed E-state index contributed by atoms with van der Waals surface area (Å²) < 4.78 is 0. The number of Topliss-reactive ketones (excluding diaryl/α,β-unsaturated/α-hetero) is 1. The molecular formula is C14H24O. The van der Waals surface area contributed by atoms with Crippen LogP contribution in [0.4, 0.5) is 0 Å². The molecule has 1 nitrogen and oxygen atoms in total. The standard InChI is InChI=1S/C12H18O.C2H6/c1-6-8-11(7-2)9-12(4,5)10(3)13;1-2/h6-8H,1-2,9H2,3-5H3;1-2H3/b11-8+;. The number of hydrogen-bond donors (Lipinski definition) is 0. The van der Waals surface area contributed by atoms with Crippen LogP contribution in [0, 0.1) is 5.41 Å². The number of allylic oxidation sites excluding steroid dienone is 4. The zero-order chi connectivity index (χ0) is 12.5. The van der Waals surface area contributed by atoms with Crippen LogP contribution < -0.4 is 0 Å². The van der Waals surface area contributed by atoms with E-state index >= 15 is 0 Å². The molecule has 0 spiro atoms. The summed E-state index contributed by atoms with van der Waals surface area (Å²) in [6.45, 7) is 16.8. The van der Waals surface area contributed by atoms with Gasteiger partial charge in [0.05, 0.1) is 0 Å². The van der Waals surface area contributed by atoms with E-state index in [0.29, 0.717) is 0 Å². The maximum atomic E-state index is 11.2. The van der Waals surface area contributed by atoms with Crippen LogP contribution in [-0.4, -0.2) is 5.78 Å². The lowest BCUT2D eigenvalue weighted by Gasteiger charge is -2.21. The van der Waals surface area contributed by atoms with E-state index in [1.807, 2.05) is 33.8 Å². The van der Waals surface area contributed by atoms with Crippen molar-refractivity contribution in [3.63, 3.8) is 0 Å². The van der Waals surface area contributed by atoms with E-state index < -0.39 is 0 Å². The van der Waals surface area contributed by atoms with Crippen molar-refractivity contribution in [2.24, 2.45) is 5.41 Å². The molecule has 0 heterocycles. The fourth-order valence-electron chi connectivity index (χ4n) is 0.985. The Morgan fingerprint density at radius 1 is 1.27 bits per heavy atom. The first-order valence-corrected chi connectivity index (χ1v) is 5.39. The van der Waals surface area contributed by atoms with Crippen LogP contribution in [0.25, 0.3) is 0 Å². The van der Waals surface area contributed by atoms with Gasteiger partial charge in [0.25, 0.3) is 0 Å². The predicted molar refractivity (Wildman–Crippen MR) is 68.9 cm³/mol. The van der Waals surface area contributed by atoms with Gasteiger partial charge in [-0.3, -0.25) is 4.79 Å². The monoisotopic (exact) mass is 208 g/mol. The third-order valence-electron chi connectivity index (χ3n) is 2.19. The molecule has 0 aliphatic rings. The molecule has 0 aromatic heterocycles. The Labute approximate surface area is 94.6 Å². The number of carbonyl (C=O) groups is 1. The van der Waals surface area contributed by atoms with Gasteiger partial charge in [-0.2, -0.15) is 0 Å². The summed E-state index contributed by atoms with van der Waals surface area (Å²) in [7, 11) is 0. The smallest absolute Gasteiger partial charge is 0.135 e. The Hall–Kier alpha value is -1.11. The van der Waals surface area contributed by atoms with Gasteiger partial charge in [-0.1, -0.05) is 59.1 Å². The van der Waals surface area contributed by atoms with Crippen LogP contribution in [0.2, 0.25) is 0 Å². The van der Waals surface area contributed by atoms with E-state index in [2.05, 4.69) is 13.2 Å². The fourth-order valence-corrected chi connectivity index (χ4v) is 0.985. The first-order valence-electron chi connectivity index (χ1n) is 5.39. The summed E-state index contributed by atoms with van der Waals surface area (Å²) >= 11 is 0. The molecule has 0 aromatic carbocycles. The molecule has 0 fully saturated rings. The Balaban J connectivity index is 0. The highest BCUT2D eigenvalue weighted by molar-refractivity contribution is 5.81. The van der Waals surface area contributed by atoms with Gasteiger partial charge in [0.15, 0.2) is 0 Å². The van der Waals surface area contributed by atoms with E-state index in [-0.39, 0.29) is 11.2 Å². The molecule has 0 unspecified atom stereocenters. The largest absolute Gasteiger partial charge is 0.299 e. The lowest BCUT2D eigenvalue weighted by Crippen LogP contribution is -2.21. The number of rotatable bonds is 5. The van der Waals surface area contributed by atoms with E-state index in [1.165, 1.54) is 0 Å². The van der Waals surface area contributed by atoms with Crippen molar-refractivity contribution in [2.45, 2.75) is 41.0 Å². The fraction of sp³-hybridized carbons (Fsp3) is 0.500. The van der Waals surface area contributed by atoms with Crippen LogP contribution in [0.1, 0.15) is 41.0 Å². The minimum atomic E-state index is -0.303. The topological polar surface area (TPSA) is 17.1 Å². The molecule has 0 aromatic rings.